The lowest BCUT2D eigenvalue weighted by molar-refractivity contribution is 0.0128. The Labute approximate surface area is 133 Å². The monoisotopic (exact) mass is 342 g/mol. The molecule has 0 unspecified atom stereocenters. The van der Waals surface area contributed by atoms with Crippen molar-refractivity contribution in [2.45, 2.75) is 10.3 Å². The number of sulfonamides is 1. The van der Waals surface area contributed by atoms with Crippen LogP contribution in [-0.2, 0) is 14.8 Å². The molecular weight excluding hydrogens is 324 g/mol. The van der Waals surface area contributed by atoms with Gasteiger partial charge in [0.1, 0.15) is 9.97 Å². The molecule has 8 heteroatoms. The Hall–Kier alpha value is -1.19. The van der Waals surface area contributed by atoms with Crippen LogP contribution < -0.4 is 4.72 Å². The van der Waals surface area contributed by atoms with Crippen LogP contribution in [0.5, 0.6) is 0 Å². The van der Waals surface area contributed by atoms with Gasteiger partial charge in [0.15, 0.2) is 0 Å². The van der Waals surface area contributed by atoms with Crippen molar-refractivity contribution in [3.63, 3.8) is 0 Å². The van der Waals surface area contributed by atoms with Gasteiger partial charge in [0.05, 0.1) is 25.5 Å². The molecule has 0 spiro atoms. The summed E-state index contributed by atoms with van der Waals surface area (Å²) in [5.74, 6) is 0.760. The highest BCUT2D eigenvalue weighted by atomic mass is 32.2. The van der Waals surface area contributed by atoms with Crippen LogP contribution in [0.1, 0.15) is 11.8 Å². The molecule has 22 heavy (non-hydrogen) atoms. The van der Waals surface area contributed by atoms with Crippen LogP contribution in [0.4, 0.5) is 0 Å². The molecule has 1 fully saturated rings. The number of nitrogens with zero attached hydrogens (tertiary/aromatic N) is 1. The van der Waals surface area contributed by atoms with Gasteiger partial charge in [-0.05, 0) is 23.6 Å². The third-order valence-corrected chi connectivity index (χ3v) is 6.41. The molecule has 0 saturated carbocycles. The van der Waals surface area contributed by atoms with E-state index in [1.165, 1.54) is 11.3 Å². The van der Waals surface area contributed by atoms with E-state index in [0.29, 0.717) is 17.4 Å². The van der Waals surface area contributed by atoms with E-state index in [9.17, 15) is 8.42 Å². The van der Waals surface area contributed by atoms with Crippen molar-refractivity contribution in [2.75, 3.05) is 32.8 Å². The third-order valence-electron chi connectivity index (χ3n) is 3.58. The molecule has 0 aromatic carbocycles. The first kappa shape index (κ1) is 15.7. The van der Waals surface area contributed by atoms with Crippen molar-refractivity contribution in [1.82, 2.24) is 9.62 Å². The van der Waals surface area contributed by atoms with Crippen molar-refractivity contribution in [1.29, 1.82) is 0 Å². The van der Waals surface area contributed by atoms with E-state index < -0.39 is 10.0 Å². The number of thiophene rings is 1. The predicted octanol–water partition coefficient (Wildman–Crippen LogP) is 1.69. The van der Waals surface area contributed by atoms with Gasteiger partial charge in [-0.15, -0.1) is 11.3 Å². The van der Waals surface area contributed by atoms with E-state index >= 15 is 0 Å². The molecule has 1 aliphatic heterocycles. The summed E-state index contributed by atoms with van der Waals surface area (Å²) in [7, 11) is -3.47. The molecule has 1 aliphatic rings. The van der Waals surface area contributed by atoms with E-state index in [2.05, 4.69) is 9.62 Å². The number of ether oxygens (including phenoxy) is 1. The summed E-state index contributed by atoms with van der Waals surface area (Å²) in [5.41, 5.74) is 0. The van der Waals surface area contributed by atoms with Gasteiger partial charge in [0.25, 0.3) is 0 Å². The highest BCUT2D eigenvalue weighted by molar-refractivity contribution is 7.91. The summed E-state index contributed by atoms with van der Waals surface area (Å²) in [4.78, 5) is 2.18. The first-order valence-corrected chi connectivity index (χ1v) is 9.41. The van der Waals surface area contributed by atoms with Gasteiger partial charge in [-0.25, -0.2) is 13.1 Å². The lowest BCUT2D eigenvalue weighted by Gasteiger charge is -2.33. The van der Waals surface area contributed by atoms with Gasteiger partial charge < -0.3 is 9.15 Å². The second-order valence-electron chi connectivity index (χ2n) is 4.96. The molecule has 2 aromatic heterocycles. The minimum atomic E-state index is -3.47. The van der Waals surface area contributed by atoms with Gasteiger partial charge in [-0.2, -0.15) is 0 Å². The van der Waals surface area contributed by atoms with Crippen molar-refractivity contribution >= 4 is 21.4 Å². The lowest BCUT2D eigenvalue weighted by Crippen LogP contribution is -2.43. The maximum absolute atomic E-state index is 12.3. The van der Waals surface area contributed by atoms with Gasteiger partial charge >= 0.3 is 0 Å². The highest BCUT2D eigenvalue weighted by Crippen LogP contribution is 2.23. The van der Waals surface area contributed by atoms with Crippen LogP contribution in [0.25, 0.3) is 0 Å². The van der Waals surface area contributed by atoms with E-state index in [0.717, 1.165) is 18.8 Å². The van der Waals surface area contributed by atoms with Gasteiger partial charge in [-0.1, -0.05) is 6.07 Å². The molecule has 1 N–H and O–H groups in total. The Bertz CT molecular complexity index is 662. The predicted molar refractivity (Wildman–Crippen MR) is 83.3 cm³/mol. The van der Waals surface area contributed by atoms with E-state index in [1.807, 2.05) is 12.1 Å². The van der Waals surface area contributed by atoms with Gasteiger partial charge in [0, 0.05) is 19.6 Å². The maximum atomic E-state index is 12.3. The molecule has 0 bridgehead atoms. The van der Waals surface area contributed by atoms with Crippen molar-refractivity contribution < 1.29 is 17.6 Å². The first-order valence-electron chi connectivity index (χ1n) is 7.05. The fraction of sp³-hybridized carbons (Fsp3) is 0.429. The second kappa shape index (κ2) is 6.93. The maximum Gasteiger partial charge on any atom is 0.250 e. The molecule has 0 radical (unpaired) electrons. The zero-order chi connectivity index (χ0) is 15.4. The number of furan rings is 1. The third kappa shape index (κ3) is 3.58. The van der Waals surface area contributed by atoms with Crippen LogP contribution in [0.3, 0.4) is 0 Å². The number of rotatable bonds is 6. The number of hydrogen-bond acceptors (Lipinski definition) is 6. The normalized spacial score (nSPS) is 18.4. The Balaban J connectivity index is 1.73. The van der Waals surface area contributed by atoms with E-state index in [-0.39, 0.29) is 12.6 Å². The fourth-order valence-corrected chi connectivity index (χ4v) is 4.53. The first-order chi connectivity index (χ1) is 10.7. The standard InChI is InChI=1S/C14H18N2O4S2/c17-22(18,14-4-2-10-21-14)15-11-12(13-3-1-7-20-13)16-5-8-19-9-6-16/h1-4,7,10,12,15H,5-6,8-9,11H2/t12-/m1/s1. The summed E-state index contributed by atoms with van der Waals surface area (Å²) >= 11 is 1.21. The number of nitrogens with one attached hydrogen (secondary N) is 1. The molecule has 120 valence electrons. The van der Waals surface area contributed by atoms with Gasteiger partial charge in [0.2, 0.25) is 10.0 Å². The van der Waals surface area contributed by atoms with Crippen LogP contribution in [0, 0.1) is 0 Å². The molecule has 6 nitrogen and oxygen atoms in total. The molecule has 1 atom stereocenters. The fourth-order valence-electron chi connectivity index (χ4n) is 2.46. The minimum Gasteiger partial charge on any atom is -0.468 e. The summed E-state index contributed by atoms with van der Waals surface area (Å²) in [5, 5.41) is 1.75. The zero-order valence-electron chi connectivity index (χ0n) is 12.0. The molecule has 1 saturated heterocycles. The summed E-state index contributed by atoms with van der Waals surface area (Å²) in [6.45, 7) is 3.08. The summed E-state index contributed by atoms with van der Waals surface area (Å²) in [6, 6.07) is 6.89. The van der Waals surface area contributed by atoms with Crippen molar-refractivity contribution in [2.24, 2.45) is 0 Å². The number of hydrogen-bond donors (Lipinski definition) is 1. The smallest absolute Gasteiger partial charge is 0.250 e. The molecule has 0 amide bonds. The van der Waals surface area contributed by atoms with Crippen LogP contribution in [0.2, 0.25) is 0 Å². The molecule has 3 rings (SSSR count). The molecular formula is C14H18N2O4S2. The quantitative estimate of drug-likeness (QED) is 0.865. The highest BCUT2D eigenvalue weighted by Gasteiger charge is 2.27. The Morgan fingerprint density at radius 3 is 2.73 bits per heavy atom. The summed E-state index contributed by atoms with van der Waals surface area (Å²) in [6.07, 6.45) is 1.61. The average molecular weight is 342 g/mol. The Morgan fingerprint density at radius 2 is 2.09 bits per heavy atom. The zero-order valence-corrected chi connectivity index (χ0v) is 13.6. The molecule has 0 aliphatic carbocycles. The minimum absolute atomic E-state index is 0.131. The van der Waals surface area contributed by atoms with Crippen LogP contribution in [-0.4, -0.2) is 46.2 Å². The molecule has 3 heterocycles. The van der Waals surface area contributed by atoms with Crippen molar-refractivity contribution in [3.05, 3.63) is 41.7 Å². The Kier molecular flexibility index (Phi) is 4.94. The van der Waals surface area contributed by atoms with Crippen LogP contribution in [0.15, 0.2) is 44.5 Å². The lowest BCUT2D eigenvalue weighted by atomic mass is 10.2. The van der Waals surface area contributed by atoms with E-state index in [1.54, 1.807) is 23.8 Å². The van der Waals surface area contributed by atoms with Gasteiger partial charge in [-0.3, -0.25) is 4.90 Å². The number of morpholine rings is 1. The average Bonchev–Trinajstić information content (AvgIpc) is 3.22. The Morgan fingerprint density at radius 1 is 1.27 bits per heavy atom. The SMILES string of the molecule is O=S(=O)(NC[C@H](c1ccco1)N1CCOCC1)c1cccs1. The largest absolute Gasteiger partial charge is 0.468 e. The topological polar surface area (TPSA) is 71.8 Å². The van der Waals surface area contributed by atoms with Crippen molar-refractivity contribution in [3.8, 4) is 0 Å². The summed E-state index contributed by atoms with van der Waals surface area (Å²) < 4.78 is 38.4. The van der Waals surface area contributed by atoms with E-state index in [4.69, 9.17) is 9.15 Å². The second-order valence-corrected chi connectivity index (χ2v) is 7.91. The molecule has 2 aromatic rings. The van der Waals surface area contributed by atoms with Crippen LogP contribution >= 0.6 is 11.3 Å².